The van der Waals surface area contributed by atoms with Gasteiger partial charge >= 0.3 is 0 Å². The van der Waals surface area contributed by atoms with Crippen molar-refractivity contribution in [2.75, 3.05) is 18.0 Å². The van der Waals surface area contributed by atoms with Crippen molar-refractivity contribution in [2.45, 2.75) is 47.5 Å². The Bertz CT molecular complexity index is 909. The van der Waals surface area contributed by atoms with Gasteiger partial charge in [0, 0.05) is 24.8 Å². The summed E-state index contributed by atoms with van der Waals surface area (Å²) in [7, 11) is 0. The van der Waals surface area contributed by atoms with Crippen LogP contribution in [-0.4, -0.2) is 28.0 Å². The summed E-state index contributed by atoms with van der Waals surface area (Å²) in [4.78, 5) is 17.0. The molecule has 4 nitrogen and oxygen atoms in total. The first-order valence-corrected chi connectivity index (χ1v) is 10.2. The van der Waals surface area contributed by atoms with Crippen LogP contribution in [0.3, 0.4) is 0 Å². The standard InChI is InChI=1S/C24H30N4/c1-6-15-28(16-7-2)23-19(5)26-24(21-17(3)11-10-12-18(21)4)27-22(23)20-13-8-9-14-25-20/h8-14H,6-7,15-16H2,1-5H3. The van der Waals surface area contributed by atoms with Crippen molar-refractivity contribution < 1.29 is 0 Å². The van der Waals surface area contributed by atoms with E-state index in [0.717, 1.165) is 60.1 Å². The predicted octanol–water partition coefficient (Wildman–Crippen LogP) is 5.76. The van der Waals surface area contributed by atoms with Gasteiger partial charge in [0.1, 0.15) is 5.69 Å². The highest BCUT2D eigenvalue weighted by Gasteiger charge is 2.21. The monoisotopic (exact) mass is 374 g/mol. The molecule has 1 aromatic carbocycles. The normalized spacial score (nSPS) is 10.9. The fourth-order valence-corrected chi connectivity index (χ4v) is 3.78. The summed E-state index contributed by atoms with van der Waals surface area (Å²) in [5, 5.41) is 0. The molecule has 0 N–H and O–H groups in total. The van der Waals surface area contributed by atoms with Crippen molar-refractivity contribution in [3.05, 3.63) is 59.4 Å². The van der Waals surface area contributed by atoms with Gasteiger partial charge in [-0.1, -0.05) is 38.1 Å². The van der Waals surface area contributed by atoms with E-state index >= 15 is 0 Å². The lowest BCUT2D eigenvalue weighted by molar-refractivity contribution is 0.738. The molecule has 0 saturated carbocycles. The number of aromatic nitrogens is 3. The molecule has 2 heterocycles. The van der Waals surface area contributed by atoms with Crippen LogP contribution in [0.4, 0.5) is 5.69 Å². The van der Waals surface area contributed by atoms with Crippen molar-refractivity contribution in [3.63, 3.8) is 0 Å². The Kier molecular flexibility index (Phi) is 6.40. The fourth-order valence-electron chi connectivity index (χ4n) is 3.78. The Labute approximate surface area is 168 Å². The van der Waals surface area contributed by atoms with Crippen molar-refractivity contribution in [1.82, 2.24) is 15.0 Å². The maximum absolute atomic E-state index is 5.07. The number of pyridine rings is 1. The van der Waals surface area contributed by atoms with Gasteiger partial charge in [-0.05, 0) is 56.9 Å². The smallest absolute Gasteiger partial charge is 0.160 e. The van der Waals surface area contributed by atoms with Gasteiger partial charge in [-0.3, -0.25) is 4.98 Å². The van der Waals surface area contributed by atoms with E-state index in [2.05, 4.69) is 62.7 Å². The Balaban J connectivity index is 2.26. The van der Waals surface area contributed by atoms with Gasteiger partial charge < -0.3 is 4.90 Å². The fraction of sp³-hybridized carbons (Fsp3) is 0.375. The molecule has 0 spiro atoms. The van der Waals surface area contributed by atoms with E-state index in [1.54, 1.807) is 0 Å². The molecule has 0 aliphatic carbocycles. The molecule has 3 aromatic rings. The van der Waals surface area contributed by atoms with E-state index in [-0.39, 0.29) is 0 Å². The van der Waals surface area contributed by atoms with E-state index in [1.165, 1.54) is 11.1 Å². The Morgan fingerprint density at radius 3 is 2.07 bits per heavy atom. The van der Waals surface area contributed by atoms with Crippen LogP contribution in [0.2, 0.25) is 0 Å². The van der Waals surface area contributed by atoms with Crippen LogP contribution in [0.1, 0.15) is 43.5 Å². The SMILES string of the molecule is CCCN(CCC)c1c(C)nc(-c2c(C)cccc2C)nc1-c1ccccn1. The highest BCUT2D eigenvalue weighted by Crippen LogP contribution is 2.34. The van der Waals surface area contributed by atoms with Gasteiger partial charge in [-0.2, -0.15) is 0 Å². The Morgan fingerprint density at radius 1 is 0.821 bits per heavy atom. The predicted molar refractivity (Wildman–Crippen MR) is 118 cm³/mol. The second-order valence-corrected chi connectivity index (χ2v) is 7.30. The number of aryl methyl sites for hydroxylation is 3. The second kappa shape index (κ2) is 8.96. The molecule has 0 fully saturated rings. The van der Waals surface area contributed by atoms with Gasteiger partial charge in [0.05, 0.1) is 17.1 Å². The number of benzene rings is 1. The lowest BCUT2D eigenvalue weighted by Gasteiger charge is -2.27. The summed E-state index contributed by atoms with van der Waals surface area (Å²) in [6, 6.07) is 12.3. The average Bonchev–Trinajstić information content (AvgIpc) is 2.68. The van der Waals surface area contributed by atoms with Crippen LogP contribution in [0.25, 0.3) is 22.8 Å². The second-order valence-electron chi connectivity index (χ2n) is 7.30. The molecule has 0 amide bonds. The molecule has 0 saturated heterocycles. The maximum atomic E-state index is 5.07. The summed E-state index contributed by atoms with van der Waals surface area (Å²) in [6.07, 6.45) is 4.00. The maximum Gasteiger partial charge on any atom is 0.160 e. The highest BCUT2D eigenvalue weighted by molar-refractivity contribution is 5.78. The molecule has 0 bridgehead atoms. The van der Waals surface area contributed by atoms with Crippen molar-refractivity contribution >= 4 is 5.69 Å². The first-order valence-electron chi connectivity index (χ1n) is 10.2. The minimum absolute atomic E-state index is 0.783. The first-order chi connectivity index (χ1) is 13.6. The number of anilines is 1. The van der Waals surface area contributed by atoms with Crippen molar-refractivity contribution in [2.24, 2.45) is 0 Å². The molecule has 0 aliphatic heterocycles. The zero-order chi connectivity index (χ0) is 20.1. The third-order valence-corrected chi connectivity index (χ3v) is 4.97. The number of rotatable bonds is 7. The molecule has 0 radical (unpaired) electrons. The third kappa shape index (κ3) is 4.06. The van der Waals surface area contributed by atoms with Crippen LogP contribution >= 0.6 is 0 Å². The molecular formula is C24H30N4. The summed E-state index contributed by atoms with van der Waals surface area (Å²) in [6.45, 7) is 12.7. The molecule has 28 heavy (non-hydrogen) atoms. The van der Waals surface area contributed by atoms with E-state index in [1.807, 2.05) is 24.4 Å². The lowest BCUT2D eigenvalue weighted by Crippen LogP contribution is -2.27. The Morgan fingerprint density at radius 2 is 1.50 bits per heavy atom. The molecule has 4 heteroatoms. The van der Waals surface area contributed by atoms with E-state index in [0.29, 0.717) is 0 Å². The van der Waals surface area contributed by atoms with Gasteiger partial charge in [0.2, 0.25) is 0 Å². The number of nitrogens with zero attached hydrogens (tertiary/aromatic N) is 4. The highest BCUT2D eigenvalue weighted by atomic mass is 15.2. The van der Waals surface area contributed by atoms with E-state index in [4.69, 9.17) is 9.97 Å². The number of hydrogen-bond acceptors (Lipinski definition) is 4. The average molecular weight is 375 g/mol. The van der Waals surface area contributed by atoms with Crippen LogP contribution in [0.15, 0.2) is 42.6 Å². The molecule has 2 aromatic heterocycles. The first kappa shape index (κ1) is 20.0. The summed E-state index contributed by atoms with van der Waals surface area (Å²) < 4.78 is 0. The van der Waals surface area contributed by atoms with Gasteiger partial charge in [-0.25, -0.2) is 9.97 Å². The molecule has 0 unspecified atom stereocenters. The molecule has 3 rings (SSSR count). The van der Waals surface area contributed by atoms with Gasteiger partial charge in [-0.15, -0.1) is 0 Å². The minimum Gasteiger partial charge on any atom is -0.368 e. The topological polar surface area (TPSA) is 41.9 Å². The van der Waals surface area contributed by atoms with Gasteiger partial charge in [0.15, 0.2) is 5.82 Å². The largest absolute Gasteiger partial charge is 0.368 e. The number of hydrogen-bond donors (Lipinski definition) is 0. The molecular weight excluding hydrogens is 344 g/mol. The van der Waals surface area contributed by atoms with Crippen molar-refractivity contribution in [1.29, 1.82) is 0 Å². The molecule has 0 aliphatic rings. The van der Waals surface area contributed by atoms with Crippen LogP contribution in [-0.2, 0) is 0 Å². The van der Waals surface area contributed by atoms with Crippen LogP contribution in [0, 0.1) is 20.8 Å². The van der Waals surface area contributed by atoms with E-state index < -0.39 is 0 Å². The van der Waals surface area contributed by atoms with Crippen molar-refractivity contribution in [3.8, 4) is 22.8 Å². The Hall–Kier alpha value is -2.75. The quantitative estimate of drug-likeness (QED) is 0.527. The zero-order valence-electron chi connectivity index (χ0n) is 17.7. The molecule has 146 valence electrons. The lowest BCUT2D eigenvalue weighted by atomic mass is 10.0. The summed E-state index contributed by atoms with van der Waals surface area (Å²) in [5.74, 6) is 0.783. The minimum atomic E-state index is 0.783. The molecule has 0 atom stereocenters. The van der Waals surface area contributed by atoms with Gasteiger partial charge in [0.25, 0.3) is 0 Å². The summed E-state index contributed by atoms with van der Waals surface area (Å²) in [5.41, 5.74) is 7.44. The third-order valence-electron chi connectivity index (χ3n) is 4.97. The summed E-state index contributed by atoms with van der Waals surface area (Å²) >= 11 is 0. The zero-order valence-corrected chi connectivity index (χ0v) is 17.7. The van der Waals surface area contributed by atoms with Crippen LogP contribution < -0.4 is 4.90 Å². The van der Waals surface area contributed by atoms with E-state index in [9.17, 15) is 0 Å². The van der Waals surface area contributed by atoms with Crippen LogP contribution in [0.5, 0.6) is 0 Å².